The molecule has 1 heterocycles. The van der Waals surface area contributed by atoms with E-state index in [9.17, 15) is 5.11 Å². The van der Waals surface area contributed by atoms with Crippen LogP contribution in [0.2, 0.25) is 5.02 Å². The summed E-state index contributed by atoms with van der Waals surface area (Å²) in [7, 11) is 2.22. The highest BCUT2D eigenvalue weighted by Gasteiger charge is 2.36. The number of phenols is 1. The molecule has 2 atom stereocenters. The Morgan fingerprint density at radius 1 is 1.13 bits per heavy atom. The van der Waals surface area contributed by atoms with Gasteiger partial charge in [0, 0.05) is 23.0 Å². The van der Waals surface area contributed by atoms with Gasteiger partial charge in [0.15, 0.2) is 0 Å². The normalized spacial score (nSPS) is 23.6. The lowest BCUT2D eigenvalue weighted by molar-refractivity contribution is 0.214. The molecule has 2 nitrogen and oxygen atoms in total. The molecule has 1 unspecified atom stereocenters. The van der Waals surface area contributed by atoms with E-state index in [1.165, 1.54) is 22.3 Å². The van der Waals surface area contributed by atoms with E-state index >= 15 is 0 Å². The number of halogens is 2. The number of hydrogen-bond donors (Lipinski definition) is 1. The molecule has 2 aliphatic rings. The summed E-state index contributed by atoms with van der Waals surface area (Å²) in [6.07, 6.45) is 3.24. The highest BCUT2D eigenvalue weighted by Crippen LogP contribution is 2.45. The zero-order chi connectivity index (χ0) is 16.1. The lowest BCUT2D eigenvalue weighted by atomic mass is 9.74. The number of phenolic OH excluding ortho intramolecular Hbond substituents is 1. The molecule has 2 aromatic rings. The summed E-state index contributed by atoms with van der Waals surface area (Å²) >= 11 is 9.79. The van der Waals surface area contributed by atoms with Crippen molar-refractivity contribution in [1.82, 2.24) is 4.90 Å². The minimum Gasteiger partial charge on any atom is -0.506 e. The predicted molar refractivity (Wildman–Crippen MR) is 97.5 cm³/mol. The van der Waals surface area contributed by atoms with Crippen LogP contribution in [-0.2, 0) is 12.8 Å². The largest absolute Gasteiger partial charge is 0.506 e. The van der Waals surface area contributed by atoms with E-state index in [0.29, 0.717) is 17.0 Å². The fourth-order valence-electron chi connectivity index (χ4n) is 4.20. The third kappa shape index (κ3) is 2.59. The van der Waals surface area contributed by atoms with Crippen molar-refractivity contribution in [2.24, 2.45) is 0 Å². The summed E-state index contributed by atoms with van der Waals surface area (Å²) in [5.74, 6) is 0.484. The van der Waals surface area contributed by atoms with Gasteiger partial charge in [-0.25, -0.2) is 0 Å². The number of aryl methyl sites for hydroxylation is 1. The van der Waals surface area contributed by atoms with E-state index < -0.39 is 0 Å². The van der Waals surface area contributed by atoms with E-state index in [0.717, 1.165) is 30.3 Å². The molecule has 4 rings (SSSR count). The van der Waals surface area contributed by atoms with Gasteiger partial charge in [-0.15, -0.1) is 0 Å². The number of hydrogen-bond acceptors (Lipinski definition) is 2. The van der Waals surface area contributed by atoms with Crippen LogP contribution in [0.15, 0.2) is 34.8 Å². The molecule has 4 heteroatoms. The fourth-order valence-corrected chi connectivity index (χ4v) is 4.76. The van der Waals surface area contributed by atoms with Crippen LogP contribution in [0.5, 0.6) is 5.75 Å². The molecule has 1 N–H and O–H groups in total. The van der Waals surface area contributed by atoms with Crippen molar-refractivity contribution < 1.29 is 5.11 Å². The average Bonchev–Trinajstić information content (AvgIpc) is 2.66. The minimum atomic E-state index is 0.191. The Kier molecular flexibility index (Phi) is 3.91. The number of aromatic hydroxyl groups is 1. The quantitative estimate of drug-likeness (QED) is 0.700. The molecule has 0 saturated carbocycles. The summed E-state index contributed by atoms with van der Waals surface area (Å²) in [4.78, 5) is 2.47. The molecular formula is C19H19BrClNO. The van der Waals surface area contributed by atoms with Crippen LogP contribution >= 0.6 is 27.5 Å². The highest BCUT2D eigenvalue weighted by molar-refractivity contribution is 9.10. The fraction of sp³-hybridized carbons (Fsp3) is 0.368. The Labute approximate surface area is 150 Å². The van der Waals surface area contributed by atoms with E-state index in [4.69, 9.17) is 11.6 Å². The Bertz CT molecular complexity index is 776. The molecule has 0 fully saturated rings. The third-order valence-electron chi connectivity index (χ3n) is 5.38. The number of benzene rings is 2. The van der Waals surface area contributed by atoms with Crippen molar-refractivity contribution in [2.45, 2.75) is 31.2 Å². The Hall–Kier alpha value is -1.03. The van der Waals surface area contributed by atoms with Crippen molar-refractivity contribution in [1.29, 1.82) is 0 Å². The molecule has 0 spiro atoms. The van der Waals surface area contributed by atoms with Crippen LogP contribution in [0, 0.1) is 0 Å². The molecule has 23 heavy (non-hydrogen) atoms. The lowest BCUT2D eigenvalue weighted by Crippen LogP contribution is -2.39. The van der Waals surface area contributed by atoms with Crippen molar-refractivity contribution in [3.05, 3.63) is 62.1 Å². The Morgan fingerprint density at radius 3 is 2.74 bits per heavy atom. The summed E-state index contributed by atoms with van der Waals surface area (Å²) in [5, 5.41) is 10.6. The zero-order valence-electron chi connectivity index (χ0n) is 13.0. The Morgan fingerprint density at radius 2 is 1.91 bits per heavy atom. The van der Waals surface area contributed by atoms with E-state index in [1.807, 2.05) is 12.1 Å². The van der Waals surface area contributed by atoms with Crippen molar-refractivity contribution in [3.8, 4) is 5.75 Å². The zero-order valence-corrected chi connectivity index (χ0v) is 15.4. The van der Waals surface area contributed by atoms with E-state index in [1.54, 1.807) is 0 Å². The first-order valence-corrected chi connectivity index (χ1v) is 9.21. The van der Waals surface area contributed by atoms with Gasteiger partial charge < -0.3 is 10.0 Å². The maximum atomic E-state index is 10.2. The van der Waals surface area contributed by atoms with Crippen LogP contribution < -0.4 is 0 Å². The first-order valence-electron chi connectivity index (χ1n) is 8.04. The van der Waals surface area contributed by atoms with E-state index in [-0.39, 0.29) is 5.75 Å². The topological polar surface area (TPSA) is 23.5 Å². The molecule has 1 aliphatic carbocycles. The van der Waals surface area contributed by atoms with Gasteiger partial charge in [-0.2, -0.15) is 0 Å². The number of nitrogens with zero attached hydrogens (tertiary/aromatic N) is 1. The van der Waals surface area contributed by atoms with Gasteiger partial charge >= 0.3 is 0 Å². The van der Waals surface area contributed by atoms with Crippen molar-refractivity contribution in [3.63, 3.8) is 0 Å². The highest BCUT2D eigenvalue weighted by atomic mass is 79.9. The maximum Gasteiger partial charge on any atom is 0.134 e. The van der Waals surface area contributed by atoms with Crippen molar-refractivity contribution in [2.75, 3.05) is 13.6 Å². The Balaban J connectivity index is 1.95. The summed E-state index contributed by atoms with van der Waals surface area (Å²) < 4.78 is 1.11. The SMILES string of the molecule is CN1CCc2cc(Cl)c(O)cc2C2c3cc(Br)ccc3CC[C@@H]21. The minimum absolute atomic E-state index is 0.191. The summed E-state index contributed by atoms with van der Waals surface area (Å²) in [6.45, 7) is 1.03. The molecule has 0 aromatic heterocycles. The van der Waals surface area contributed by atoms with Crippen LogP contribution in [0.1, 0.15) is 34.6 Å². The van der Waals surface area contributed by atoms with Gasteiger partial charge in [0.1, 0.15) is 5.75 Å². The molecule has 0 saturated heterocycles. The maximum absolute atomic E-state index is 10.2. The second-order valence-corrected chi connectivity index (χ2v) is 7.98. The van der Waals surface area contributed by atoms with Crippen LogP contribution in [-0.4, -0.2) is 29.6 Å². The van der Waals surface area contributed by atoms with Gasteiger partial charge in [-0.05, 0) is 72.8 Å². The second-order valence-electron chi connectivity index (χ2n) is 6.66. The van der Waals surface area contributed by atoms with E-state index in [2.05, 4.69) is 46.1 Å². The summed E-state index contributed by atoms with van der Waals surface area (Å²) in [5.41, 5.74) is 5.30. The third-order valence-corrected chi connectivity index (χ3v) is 6.18. The summed E-state index contributed by atoms with van der Waals surface area (Å²) in [6, 6.07) is 10.9. The van der Waals surface area contributed by atoms with Gasteiger partial charge in [-0.3, -0.25) is 0 Å². The molecule has 0 bridgehead atoms. The number of fused-ring (bicyclic) bond motifs is 5. The molecular weight excluding hydrogens is 374 g/mol. The first kappa shape index (κ1) is 15.5. The molecule has 1 aliphatic heterocycles. The second kappa shape index (κ2) is 5.80. The monoisotopic (exact) mass is 391 g/mol. The first-order chi connectivity index (χ1) is 11.0. The number of rotatable bonds is 0. The van der Waals surface area contributed by atoms with Gasteiger partial charge in [-0.1, -0.05) is 33.6 Å². The average molecular weight is 393 g/mol. The number of likely N-dealkylation sites (N-methyl/N-ethyl adjacent to an activating group) is 1. The lowest BCUT2D eigenvalue weighted by Gasteiger charge is -2.38. The van der Waals surface area contributed by atoms with Crippen LogP contribution in [0.25, 0.3) is 0 Å². The molecule has 2 aromatic carbocycles. The standard InChI is InChI=1S/C19H19BrClNO/c1-22-7-6-12-8-16(21)18(23)10-15(12)19-14-9-13(20)4-2-11(14)3-5-17(19)22/h2,4,8-10,17,19,23H,3,5-7H2,1H3/t17-,19?/m0/s1. The van der Waals surface area contributed by atoms with Crippen molar-refractivity contribution >= 4 is 27.5 Å². The van der Waals surface area contributed by atoms with Crippen LogP contribution in [0.3, 0.4) is 0 Å². The smallest absolute Gasteiger partial charge is 0.134 e. The van der Waals surface area contributed by atoms with Crippen LogP contribution in [0.4, 0.5) is 0 Å². The van der Waals surface area contributed by atoms with Gasteiger partial charge in [0.05, 0.1) is 5.02 Å². The predicted octanol–water partition coefficient (Wildman–Crippen LogP) is 4.74. The molecule has 120 valence electrons. The molecule has 0 amide bonds. The molecule has 0 radical (unpaired) electrons. The van der Waals surface area contributed by atoms with Gasteiger partial charge in [0.25, 0.3) is 0 Å². The van der Waals surface area contributed by atoms with Gasteiger partial charge in [0.2, 0.25) is 0 Å².